The molecule has 1 aromatic rings. The molecule has 17 heavy (non-hydrogen) atoms. The first-order valence-corrected chi connectivity index (χ1v) is 6.62. The number of rotatable bonds is 1. The van der Waals surface area contributed by atoms with Crippen molar-refractivity contribution in [1.29, 1.82) is 0 Å². The molecule has 2 heteroatoms. The Balaban J connectivity index is 1.99. The number of allylic oxidation sites excluding steroid dienone is 1. The zero-order valence-corrected chi connectivity index (χ0v) is 10.0. The monoisotopic (exact) mass is 229 g/mol. The van der Waals surface area contributed by atoms with Crippen LogP contribution in [0.1, 0.15) is 37.8 Å². The Kier molecular flexibility index (Phi) is 2.75. The van der Waals surface area contributed by atoms with E-state index in [1.165, 1.54) is 19.3 Å². The second kappa shape index (κ2) is 4.26. The summed E-state index contributed by atoms with van der Waals surface area (Å²) in [5.41, 5.74) is -0.0159. The Morgan fingerprint density at radius 3 is 2.94 bits per heavy atom. The predicted molar refractivity (Wildman–Crippen MR) is 67.3 cm³/mol. The quantitative estimate of drug-likeness (QED) is 0.751. The summed E-state index contributed by atoms with van der Waals surface area (Å²) in [6, 6.07) is 5.81. The van der Waals surface area contributed by atoms with Gasteiger partial charge in [0.1, 0.15) is 5.60 Å². The van der Waals surface area contributed by atoms with Gasteiger partial charge in [0.15, 0.2) is 0 Å². The molecule has 0 bridgehead atoms. The second-order valence-corrected chi connectivity index (χ2v) is 5.33. The third-order valence-electron chi connectivity index (χ3n) is 4.36. The highest BCUT2D eigenvalue weighted by atomic mass is 16.3. The summed E-state index contributed by atoms with van der Waals surface area (Å²) in [5, 5.41) is 11.0. The van der Waals surface area contributed by atoms with Crippen LogP contribution in [0, 0.1) is 11.8 Å². The first kappa shape index (κ1) is 11.0. The number of nitrogens with zero attached hydrogens (tertiary/aromatic N) is 1. The molecule has 0 aromatic carbocycles. The van der Waals surface area contributed by atoms with Gasteiger partial charge in [0.05, 0.1) is 5.69 Å². The number of aromatic nitrogens is 1. The molecule has 0 aliphatic heterocycles. The molecule has 1 heterocycles. The third-order valence-corrected chi connectivity index (χ3v) is 4.36. The minimum atomic E-state index is -0.829. The number of pyridine rings is 1. The average molecular weight is 229 g/mol. The highest BCUT2D eigenvalue weighted by Crippen LogP contribution is 2.47. The molecule has 1 N–H and O–H groups in total. The standard InChI is InChI=1S/C15H19NO/c17-15(14-9-3-4-11-16-14)10-5-7-12-6-1-2-8-13(12)15/h3-5,9-13,17H,1-2,6-8H2. The Bertz CT molecular complexity index is 414. The number of fused-ring (bicyclic) bond motifs is 1. The summed E-state index contributed by atoms with van der Waals surface area (Å²) in [4.78, 5) is 4.36. The van der Waals surface area contributed by atoms with E-state index in [4.69, 9.17) is 0 Å². The van der Waals surface area contributed by atoms with Gasteiger partial charge in [0.25, 0.3) is 0 Å². The fraction of sp³-hybridized carbons (Fsp3) is 0.533. The van der Waals surface area contributed by atoms with E-state index >= 15 is 0 Å². The summed E-state index contributed by atoms with van der Waals surface area (Å²) in [6.45, 7) is 0. The van der Waals surface area contributed by atoms with E-state index < -0.39 is 5.60 Å². The van der Waals surface area contributed by atoms with E-state index in [1.807, 2.05) is 24.3 Å². The van der Waals surface area contributed by atoms with Crippen molar-refractivity contribution in [2.24, 2.45) is 11.8 Å². The zero-order valence-electron chi connectivity index (χ0n) is 10.0. The molecule has 0 radical (unpaired) electrons. The summed E-state index contributed by atoms with van der Waals surface area (Å²) >= 11 is 0. The molecule has 2 nitrogen and oxygen atoms in total. The maximum absolute atomic E-state index is 11.0. The van der Waals surface area contributed by atoms with Crippen molar-refractivity contribution in [1.82, 2.24) is 4.98 Å². The minimum Gasteiger partial charge on any atom is -0.379 e. The normalized spacial score (nSPS) is 36.5. The van der Waals surface area contributed by atoms with Gasteiger partial charge in [-0.1, -0.05) is 31.1 Å². The van der Waals surface area contributed by atoms with Crippen LogP contribution in [0.4, 0.5) is 0 Å². The highest BCUT2D eigenvalue weighted by molar-refractivity contribution is 5.25. The van der Waals surface area contributed by atoms with Crippen LogP contribution < -0.4 is 0 Å². The largest absolute Gasteiger partial charge is 0.379 e. The molecule has 0 amide bonds. The van der Waals surface area contributed by atoms with Crippen molar-refractivity contribution < 1.29 is 5.11 Å². The van der Waals surface area contributed by atoms with Gasteiger partial charge >= 0.3 is 0 Å². The number of aliphatic hydroxyl groups is 1. The predicted octanol–water partition coefficient (Wildman–Crippen LogP) is 3.04. The second-order valence-electron chi connectivity index (χ2n) is 5.33. The summed E-state index contributed by atoms with van der Waals surface area (Å²) in [7, 11) is 0. The van der Waals surface area contributed by atoms with Crippen molar-refractivity contribution in [3.8, 4) is 0 Å². The molecule has 90 valence electrons. The number of hydrogen-bond donors (Lipinski definition) is 1. The Hall–Kier alpha value is -1.15. The Labute approximate surface area is 102 Å². The van der Waals surface area contributed by atoms with E-state index in [0.29, 0.717) is 11.8 Å². The van der Waals surface area contributed by atoms with E-state index in [1.54, 1.807) is 6.20 Å². The van der Waals surface area contributed by atoms with E-state index in [-0.39, 0.29) is 0 Å². The van der Waals surface area contributed by atoms with Crippen molar-refractivity contribution in [3.05, 3.63) is 42.2 Å². The molecule has 2 aliphatic rings. The van der Waals surface area contributed by atoms with Crippen molar-refractivity contribution in [2.45, 2.75) is 37.7 Å². The van der Waals surface area contributed by atoms with Crippen LogP contribution >= 0.6 is 0 Å². The van der Waals surface area contributed by atoms with Crippen LogP contribution in [0.2, 0.25) is 0 Å². The lowest BCUT2D eigenvalue weighted by Crippen LogP contribution is -2.42. The Morgan fingerprint density at radius 2 is 2.12 bits per heavy atom. The van der Waals surface area contributed by atoms with Gasteiger partial charge in [-0.2, -0.15) is 0 Å². The molecule has 0 spiro atoms. The van der Waals surface area contributed by atoms with Crippen LogP contribution in [0.25, 0.3) is 0 Å². The van der Waals surface area contributed by atoms with E-state index in [2.05, 4.69) is 11.1 Å². The molecule has 2 aliphatic carbocycles. The third kappa shape index (κ3) is 1.81. The van der Waals surface area contributed by atoms with E-state index in [9.17, 15) is 5.11 Å². The maximum atomic E-state index is 11.0. The maximum Gasteiger partial charge on any atom is 0.128 e. The SMILES string of the molecule is OC1(c2ccccn2)C=CCC2CCCCC21. The minimum absolute atomic E-state index is 0.358. The van der Waals surface area contributed by atoms with Gasteiger partial charge in [0.2, 0.25) is 0 Å². The van der Waals surface area contributed by atoms with Crippen molar-refractivity contribution in [3.63, 3.8) is 0 Å². The molecule has 3 atom stereocenters. The van der Waals surface area contributed by atoms with Crippen molar-refractivity contribution in [2.75, 3.05) is 0 Å². The molecule has 1 aromatic heterocycles. The lowest BCUT2D eigenvalue weighted by Gasteiger charge is -2.43. The first-order chi connectivity index (χ1) is 8.31. The summed E-state index contributed by atoms with van der Waals surface area (Å²) in [5.74, 6) is 0.997. The summed E-state index contributed by atoms with van der Waals surface area (Å²) in [6.07, 6.45) is 11.9. The smallest absolute Gasteiger partial charge is 0.128 e. The van der Waals surface area contributed by atoms with Gasteiger partial charge in [-0.3, -0.25) is 4.98 Å². The van der Waals surface area contributed by atoms with Crippen LogP contribution in [-0.2, 0) is 5.60 Å². The fourth-order valence-electron chi connectivity index (χ4n) is 3.49. The van der Waals surface area contributed by atoms with E-state index in [0.717, 1.165) is 18.5 Å². The van der Waals surface area contributed by atoms with Gasteiger partial charge in [-0.25, -0.2) is 0 Å². The van der Waals surface area contributed by atoms with Crippen LogP contribution in [0.3, 0.4) is 0 Å². The molecule has 0 saturated heterocycles. The molecular formula is C15H19NO. The van der Waals surface area contributed by atoms with Gasteiger partial charge in [0, 0.05) is 12.1 Å². The molecule has 1 fully saturated rings. The summed E-state index contributed by atoms with van der Waals surface area (Å²) < 4.78 is 0. The van der Waals surface area contributed by atoms with Crippen molar-refractivity contribution >= 4 is 0 Å². The van der Waals surface area contributed by atoms with Crippen LogP contribution in [0.5, 0.6) is 0 Å². The Morgan fingerprint density at radius 1 is 1.24 bits per heavy atom. The van der Waals surface area contributed by atoms with Gasteiger partial charge in [-0.15, -0.1) is 0 Å². The number of hydrogen-bond acceptors (Lipinski definition) is 2. The van der Waals surface area contributed by atoms with Gasteiger partial charge < -0.3 is 5.11 Å². The zero-order chi connectivity index (χ0) is 11.7. The van der Waals surface area contributed by atoms with Gasteiger partial charge in [-0.05, 0) is 37.3 Å². The molecule has 3 unspecified atom stereocenters. The lowest BCUT2D eigenvalue weighted by atomic mass is 9.65. The first-order valence-electron chi connectivity index (χ1n) is 6.62. The molecule has 3 rings (SSSR count). The highest BCUT2D eigenvalue weighted by Gasteiger charge is 2.44. The van der Waals surface area contributed by atoms with Crippen LogP contribution in [0.15, 0.2) is 36.5 Å². The fourth-order valence-corrected chi connectivity index (χ4v) is 3.49. The lowest BCUT2D eigenvalue weighted by molar-refractivity contribution is -0.0326. The molecular weight excluding hydrogens is 210 g/mol. The van der Waals surface area contributed by atoms with Crippen LogP contribution in [-0.4, -0.2) is 10.1 Å². The molecule has 1 saturated carbocycles. The topological polar surface area (TPSA) is 33.1 Å². The average Bonchev–Trinajstić information content (AvgIpc) is 2.40.